The van der Waals surface area contributed by atoms with Crippen molar-refractivity contribution in [3.05, 3.63) is 39.5 Å². The minimum atomic E-state index is -0.0238. The van der Waals surface area contributed by atoms with Crippen molar-refractivity contribution in [3.8, 4) is 16.9 Å². The van der Waals surface area contributed by atoms with Gasteiger partial charge in [-0.05, 0) is 52.9 Å². The number of halogens is 1. The molecule has 23 heavy (non-hydrogen) atoms. The average molecular weight is 348 g/mol. The van der Waals surface area contributed by atoms with E-state index in [1.54, 1.807) is 11.3 Å². The van der Waals surface area contributed by atoms with E-state index in [0.29, 0.717) is 11.6 Å². The van der Waals surface area contributed by atoms with Crippen molar-refractivity contribution in [1.82, 2.24) is 5.32 Å². The van der Waals surface area contributed by atoms with Gasteiger partial charge in [-0.3, -0.25) is 4.79 Å². The van der Waals surface area contributed by atoms with Gasteiger partial charge in [-0.1, -0.05) is 18.0 Å². The van der Waals surface area contributed by atoms with Crippen molar-refractivity contribution in [1.29, 1.82) is 0 Å². The molecule has 1 aliphatic carbocycles. The molecule has 120 valence electrons. The fourth-order valence-electron chi connectivity index (χ4n) is 3.13. The smallest absolute Gasteiger partial charge is 0.223 e. The standard InChI is InChI=1S/C18H18ClNO2S/c19-16-8-13(12-4-5-23-10-12)6-14-7-15(22-17(14)16)9-20-18(21)11-2-1-3-11/h4-6,8,10-11,15H,1-3,7,9H2,(H,20,21)/t15-/m1/s1. The molecule has 0 saturated heterocycles. The van der Waals surface area contributed by atoms with Gasteiger partial charge in [0.15, 0.2) is 0 Å². The molecule has 4 rings (SSSR count). The number of rotatable bonds is 4. The molecule has 1 N–H and O–H groups in total. The van der Waals surface area contributed by atoms with Gasteiger partial charge in [0, 0.05) is 17.9 Å². The number of carbonyl (C=O) groups excluding carboxylic acids is 1. The fourth-order valence-corrected chi connectivity index (χ4v) is 4.07. The molecule has 0 unspecified atom stereocenters. The Morgan fingerprint density at radius 3 is 2.91 bits per heavy atom. The molecule has 1 fully saturated rings. The van der Waals surface area contributed by atoms with Crippen molar-refractivity contribution in [3.63, 3.8) is 0 Å². The molecular weight excluding hydrogens is 330 g/mol. The molecule has 2 aliphatic rings. The third-order valence-electron chi connectivity index (χ3n) is 4.69. The van der Waals surface area contributed by atoms with Crippen molar-refractivity contribution in [2.75, 3.05) is 6.54 Å². The first-order valence-corrected chi connectivity index (χ1v) is 9.32. The molecule has 1 aliphatic heterocycles. The van der Waals surface area contributed by atoms with Crippen LogP contribution in [0.15, 0.2) is 29.0 Å². The van der Waals surface area contributed by atoms with Crippen molar-refractivity contribution >= 4 is 28.8 Å². The van der Waals surface area contributed by atoms with Crippen LogP contribution in [0.5, 0.6) is 5.75 Å². The van der Waals surface area contributed by atoms with Gasteiger partial charge in [0.2, 0.25) is 5.91 Å². The number of ether oxygens (including phenoxy) is 1. The van der Waals surface area contributed by atoms with Crippen molar-refractivity contribution in [2.45, 2.75) is 31.8 Å². The first-order valence-electron chi connectivity index (χ1n) is 8.00. The summed E-state index contributed by atoms with van der Waals surface area (Å²) < 4.78 is 5.95. The Bertz CT molecular complexity index is 725. The average Bonchev–Trinajstić information content (AvgIpc) is 3.12. The quantitative estimate of drug-likeness (QED) is 0.896. The van der Waals surface area contributed by atoms with E-state index in [9.17, 15) is 4.79 Å². The summed E-state index contributed by atoms with van der Waals surface area (Å²) in [6.45, 7) is 0.550. The summed E-state index contributed by atoms with van der Waals surface area (Å²) in [5.74, 6) is 1.15. The monoisotopic (exact) mass is 347 g/mol. The van der Waals surface area contributed by atoms with Gasteiger partial charge in [0.1, 0.15) is 11.9 Å². The van der Waals surface area contributed by atoms with Crippen LogP contribution in [-0.2, 0) is 11.2 Å². The summed E-state index contributed by atoms with van der Waals surface area (Å²) >= 11 is 8.07. The second-order valence-corrected chi connectivity index (χ2v) is 7.46. The van der Waals surface area contributed by atoms with E-state index < -0.39 is 0 Å². The highest BCUT2D eigenvalue weighted by atomic mass is 35.5. The Morgan fingerprint density at radius 1 is 1.35 bits per heavy atom. The van der Waals surface area contributed by atoms with Crippen LogP contribution in [0.1, 0.15) is 24.8 Å². The highest BCUT2D eigenvalue weighted by Crippen LogP contribution is 2.40. The van der Waals surface area contributed by atoms with Gasteiger partial charge in [0.05, 0.1) is 11.6 Å². The van der Waals surface area contributed by atoms with Crippen LogP contribution >= 0.6 is 22.9 Å². The third-order valence-corrected chi connectivity index (χ3v) is 5.65. The predicted molar refractivity (Wildman–Crippen MR) is 93.2 cm³/mol. The molecular formula is C18H18ClNO2S. The van der Waals surface area contributed by atoms with E-state index in [2.05, 4.69) is 28.2 Å². The van der Waals surface area contributed by atoms with Crippen molar-refractivity contribution in [2.24, 2.45) is 5.92 Å². The summed E-state index contributed by atoms with van der Waals surface area (Å²) in [6, 6.07) is 6.20. The zero-order chi connectivity index (χ0) is 15.8. The first-order chi connectivity index (χ1) is 11.2. The lowest BCUT2D eigenvalue weighted by atomic mass is 9.85. The first kappa shape index (κ1) is 15.0. The molecule has 2 heterocycles. The summed E-state index contributed by atoms with van der Waals surface area (Å²) in [7, 11) is 0. The molecule has 1 saturated carbocycles. The number of carbonyl (C=O) groups is 1. The lowest BCUT2D eigenvalue weighted by Crippen LogP contribution is -2.40. The number of thiophene rings is 1. The van der Waals surface area contributed by atoms with E-state index in [0.717, 1.165) is 36.1 Å². The van der Waals surface area contributed by atoms with Crippen LogP contribution in [-0.4, -0.2) is 18.6 Å². The number of fused-ring (bicyclic) bond motifs is 1. The van der Waals surface area contributed by atoms with Crippen LogP contribution in [0, 0.1) is 5.92 Å². The van der Waals surface area contributed by atoms with E-state index in [1.807, 2.05) is 6.07 Å². The fraction of sp³-hybridized carbons (Fsp3) is 0.389. The Hall–Kier alpha value is -1.52. The number of nitrogens with one attached hydrogen (secondary N) is 1. The Labute approximate surface area is 144 Å². The molecule has 0 radical (unpaired) electrons. The van der Waals surface area contributed by atoms with Gasteiger partial charge in [0.25, 0.3) is 0 Å². The molecule has 1 aromatic carbocycles. The topological polar surface area (TPSA) is 38.3 Å². The van der Waals surface area contributed by atoms with Gasteiger partial charge >= 0.3 is 0 Å². The summed E-state index contributed by atoms with van der Waals surface area (Å²) in [6.07, 6.45) is 3.98. The normalized spacial score (nSPS) is 19.8. The van der Waals surface area contributed by atoms with Gasteiger partial charge < -0.3 is 10.1 Å². The minimum Gasteiger partial charge on any atom is -0.486 e. The maximum atomic E-state index is 11.9. The second kappa shape index (κ2) is 6.17. The number of amides is 1. The second-order valence-electron chi connectivity index (χ2n) is 6.28. The Morgan fingerprint density at radius 2 is 2.22 bits per heavy atom. The van der Waals surface area contributed by atoms with Crippen LogP contribution in [0.2, 0.25) is 5.02 Å². The molecule has 1 atom stereocenters. The van der Waals surface area contributed by atoms with Crippen LogP contribution in [0.25, 0.3) is 11.1 Å². The summed E-state index contributed by atoms with van der Waals surface area (Å²) in [5, 5.41) is 7.84. The predicted octanol–water partition coefficient (Wildman–Crippen LogP) is 4.29. The van der Waals surface area contributed by atoms with E-state index in [4.69, 9.17) is 16.3 Å². The van der Waals surface area contributed by atoms with Crippen molar-refractivity contribution < 1.29 is 9.53 Å². The molecule has 1 amide bonds. The molecule has 3 nitrogen and oxygen atoms in total. The molecule has 0 bridgehead atoms. The number of benzene rings is 1. The largest absolute Gasteiger partial charge is 0.486 e. The van der Waals surface area contributed by atoms with E-state index in [-0.39, 0.29) is 17.9 Å². The van der Waals surface area contributed by atoms with Crippen LogP contribution < -0.4 is 10.1 Å². The molecule has 1 aromatic heterocycles. The third kappa shape index (κ3) is 2.98. The van der Waals surface area contributed by atoms with Gasteiger partial charge in [-0.2, -0.15) is 11.3 Å². The molecule has 2 aromatic rings. The highest BCUT2D eigenvalue weighted by Gasteiger charge is 2.29. The minimum absolute atomic E-state index is 0.0238. The zero-order valence-electron chi connectivity index (χ0n) is 12.7. The maximum absolute atomic E-state index is 11.9. The Balaban J connectivity index is 1.44. The molecule has 0 spiro atoms. The lowest BCUT2D eigenvalue weighted by Gasteiger charge is -2.24. The van der Waals surface area contributed by atoms with Crippen LogP contribution in [0.4, 0.5) is 0 Å². The maximum Gasteiger partial charge on any atom is 0.223 e. The zero-order valence-corrected chi connectivity index (χ0v) is 14.3. The van der Waals surface area contributed by atoms with Gasteiger partial charge in [-0.15, -0.1) is 0 Å². The number of hydrogen-bond acceptors (Lipinski definition) is 3. The van der Waals surface area contributed by atoms with E-state index >= 15 is 0 Å². The molecule has 5 heteroatoms. The summed E-state index contributed by atoms with van der Waals surface area (Å²) in [4.78, 5) is 11.9. The number of hydrogen-bond donors (Lipinski definition) is 1. The van der Waals surface area contributed by atoms with E-state index in [1.165, 1.54) is 12.0 Å². The highest BCUT2D eigenvalue weighted by molar-refractivity contribution is 7.08. The SMILES string of the molecule is O=C(NC[C@H]1Cc2cc(-c3ccsc3)cc(Cl)c2O1)C1CCC1. The lowest BCUT2D eigenvalue weighted by molar-refractivity contribution is -0.127. The Kier molecular flexibility index (Phi) is 4.04. The summed E-state index contributed by atoms with van der Waals surface area (Å²) in [5.41, 5.74) is 3.43. The van der Waals surface area contributed by atoms with Gasteiger partial charge in [-0.25, -0.2) is 0 Å². The van der Waals surface area contributed by atoms with Crippen LogP contribution in [0.3, 0.4) is 0 Å².